The molecule has 0 aliphatic carbocycles. The summed E-state index contributed by atoms with van der Waals surface area (Å²) in [6, 6.07) is 9.05. The van der Waals surface area contributed by atoms with E-state index in [0.29, 0.717) is 0 Å². The zero-order valence-electron chi connectivity index (χ0n) is 15.6. The number of hydrogen-bond acceptors (Lipinski definition) is 2. The lowest BCUT2D eigenvalue weighted by molar-refractivity contribution is 0.847. The lowest BCUT2D eigenvalue weighted by atomic mass is 9.93. The van der Waals surface area contributed by atoms with E-state index in [2.05, 4.69) is 56.9 Å². The summed E-state index contributed by atoms with van der Waals surface area (Å²) in [6.45, 7) is 12.8. The van der Waals surface area contributed by atoms with Crippen molar-refractivity contribution in [1.82, 2.24) is 9.97 Å². The molecule has 3 aromatic rings. The minimum atomic E-state index is 0.942. The van der Waals surface area contributed by atoms with Gasteiger partial charge in [-0.25, -0.2) is 0 Å². The number of nitrogens with zero attached hydrogens (tertiary/aromatic N) is 2. The first-order valence-corrected chi connectivity index (χ1v) is 8.67. The highest BCUT2D eigenvalue weighted by Gasteiger charge is 2.10. The van der Waals surface area contributed by atoms with E-state index in [9.17, 15) is 0 Å². The number of fused-ring (bicyclic) bond motifs is 1. The van der Waals surface area contributed by atoms with E-state index < -0.39 is 0 Å². The molecule has 2 nitrogen and oxygen atoms in total. The fourth-order valence-corrected chi connectivity index (χ4v) is 3.38. The molecule has 0 spiro atoms. The molecule has 0 unspecified atom stereocenters. The zero-order valence-corrected chi connectivity index (χ0v) is 15.6. The first-order chi connectivity index (χ1) is 11.4. The van der Waals surface area contributed by atoms with Gasteiger partial charge in [0.2, 0.25) is 0 Å². The van der Waals surface area contributed by atoms with Crippen LogP contribution in [-0.4, -0.2) is 9.97 Å². The van der Waals surface area contributed by atoms with Gasteiger partial charge >= 0.3 is 0 Å². The molecule has 0 bridgehead atoms. The summed E-state index contributed by atoms with van der Waals surface area (Å²) in [5, 5.41) is 2.75. The predicted molar refractivity (Wildman–Crippen MR) is 102 cm³/mol. The lowest BCUT2D eigenvalue weighted by Gasteiger charge is -2.13. The number of rotatable bonds is 3. The molecule has 0 atom stereocenters. The minimum absolute atomic E-state index is 0.942. The van der Waals surface area contributed by atoms with Gasteiger partial charge in [-0.1, -0.05) is 24.3 Å². The molecule has 1 aromatic heterocycles. The third-order valence-electron chi connectivity index (χ3n) is 5.33. The highest BCUT2D eigenvalue weighted by molar-refractivity contribution is 5.90. The molecule has 24 heavy (non-hydrogen) atoms. The second-order valence-electron chi connectivity index (χ2n) is 6.88. The monoisotopic (exact) mass is 318 g/mol. The quantitative estimate of drug-likeness (QED) is 0.658. The fourth-order valence-electron chi connectivity index (χ4n) is 3.38. The molecule has 0 saturated carbocycles. The summed E-state index contributed by atoms with van der Waals surface area (Å²) in [5.41, 5.74) is 9.80. The van der Waals surface area contributed by atoms with Crippen LogP contribution in [0.1, 0.15) is 45.0 Å². The Morgan fingerprint density at radius 2 is 1.25 bits per heavy atom. The van der Waals surface area contributed by atoms with Crippen LogP contribution in [0.4, 0.5) is 0 Å². The Kier molecular flexibility index (Phi) is 4.40. The van der Waals surface area contributed by atoms with E-state index >= 15 is 0 Å². The summed E-state index contributed by atoms with van der Waals surface area (Å²) >= 11 is 0. The predicted octanol–water partition coefficient (Wildman–Crippen LogP) is 5.27. The van der Waals surface area contributed by atoms with Gasteiger partial charge in [0.05, 0.1) is 22.8 Å². The van der Waals surface area contributed by atoms with Crippen molar-refractivity contribution in [2.45, 2.75) is 54.4 Å². The molecule has 2 heteroatoms. The molecule has 0 aliphatic rings. The molecular formula is C22H26N2. The molecule has 0 saturated heterocycles. The Morgan fingerprint density at radius 3 is 2.00 bits per heavy atom. The Morgan fingerprint density at radius 1 is 0.625 bits per heavy atom. The van der Waals surface area contributed by atoms with Crippen LogP contribution < -0.4 is 0 Å². The Bertz CT molecular complexity index is 923. The van der Waals surface area contributed by atoms with Crippen molar-refractivity contribution in [2.24, 2.45) is 0 Å². The smallest absolute Gasteiger partial charge is 0.0622 e. The number of benzene rings is 2. The van der Waals surface area contributed by atoms with Crippen LogP contribution in [0.15, 0.2) is 24.3 Å². The molecule has 0 radical (unpaired) electrons. The van der Waals surface area contributed by atoms with Crippen molar-refractivity contribution in [2.75, 3.05) is 0 Å². The SMILES string of the molecule is Cc1ccc2c(C)c(CCc3nc(C)c(C)nc3C)ccc2c1C. The van der Waals surface area contributed by atoms with Crippen LogP contribution in [0.3, 0.4) is 0 Å². The largest absolute Gasteiger partial charge is 0.255 e. The van der Waals surface area contributed by atoms with Crippen molar-refractivity contribution in [3.63, 3.8) is 0 Å². The summed E-state index contributed by atoms with van der Waals surface area (Å²) < 4.78 is 0. The molecule has 3 rings (SSSR count). The van der Waals surface area contributed by atoms with Gasteiger partial charge in [0, 0.05) is 0 Å². The van der Waals surface area contributed by atoms with E-state index in [1.54, 1.807) is 0 Å². The summed E-state index contributed by atoms with van der Waals surface area (Å²) in [6.07, 6.45) is 1.95. The average molecular weight is 318 g/mol. The summed E-state index contributed by atoms with van der Waals surface area (Å²) in [7, 11) is 0. The van der Waals surface area contributed by atoms with Gasteiger partial charge in [0.25, 0.3) is 0 Å². The van der Waals surface area contributed by atoms with Crippen molar-refractivity contribution < 1.29 is 0 Å². The topological polar surface area (TPSA) is 25.8 Å². The molecule has 0 aliphatic heterocycles. The maximum atomic E-state index is 4.74. The van der Waals surface area contributed by atoms with Gasteiger partial charge in [-0.15, -0.1) is 0 Å². The maximum Gasteiger partial charge on any atom is 0.0622 e. The Balaban J connectivity index is 1.93. The molecule has 0 amide bonds. The maximum absolute atomic E-state index is 4.74. The van der Waals surface area contributed by atoms with Gasteiger partial charge in [0.15, 0.2) is 0 Å². The van der Waals surface area contributed by atoms with E-state index in [1.165, 1.54) is 33.0 Å². The third-order valence-corrected chi connectivity index (χ3v) is 5.33. The van der Waals surface area contributed by atoms with Crippen molar-refractivity contribution >= 4 is 10.8 Å². The van der Waals surface area contributed by atoms with Gasteiger partial charge in [-0.05, 0) is 87.4 Å². The first kappa shape index (κ1) is 16.6. The summed E-state index contributed by atoms with van der Waals surface area (Å²) in [4.78, 5) is 9.36. The molecular weight excluding hydrogens is 292 g/mol. The number of hydrogen-bond donors (Lipinski definition) is 0. The zero-order chi connectivity index (χ0) is 17.4. The van der Waals surface area contributed by atoms with Gasteiger partial charge in [-0.2, -0.15) is 0 Å². The number of aromatic nitrogens is 2. The highest BCUT2D eigenvalue weighted by atomic mass is 14.8. The summed E-state index contributed by atoms with van der Waals surface area (Å²) in [5.74, 6) is 0. The Hall–Kier alpha value is -2.22. The van der Waals surface area contributed by atoms with E-state index in [0.717, 1.165) is 35.6 Å². The molecule has 124 valence electrons. The first-order valence-electron chi connectivity index (χ1n) is 8.67. The Labute approximate surface area is 145 Å². The van der Waals surface area contributed by atoms with Crippen LogP contribution in [-0.2, 0) is 12.8 Å². The molecule has 2 aromatic carbocycles. The number of aryl methyl sites for hydroxylation is 8. The van der Waals surface area contributed by atoms with Crippen molar-refractivity contribution in [1.29, 1.82) is 0 Å². The van der Waals surface area contributed by atoms with Crippen LogP contribution >= 0.6 is 0 Å². The van der Waals surface area contributed by atoms with Crippen molar-refractivity contribution in [3.05, 3.63) is 69.3 Å². The van der Waals surface area contributed by atoms with Crippen LogP contribution in [0.2, 0.25) is 0 Å². The normalized spacial score (nSPS) is 11.2. The average Bonchev–Trinajstić information content (AvgIpc) is 2.55. The lowest BCUT2D eigenvalue weighted by Crippen LogP contribution is -2.05. The molecule has 1 heterocycles. The van der Waals surface area contributed by atoms with E-state index in [-0.39, 0.29) is 0 Å². The van der Waals surface area contributed by atoms with Crippen molar-refractivity contribution in [3.8, 4) is 0 Å². The highest BCUT2D eigenvalue weighted by Crippen LogP contribution is 2.27. The second-order valence-corrected chi connectivity index (χ2v) is 6.88. The third kappa shape index (κ3) is 2.93. The fraction of sp³-hybridized carbons (Fsp3) is 0.364. The van der Waals surface area contributed by atoms with E-state index in [1.807, 2.05) is 13.8 Å². The second kappa shape index (κ2) is 6.35. The van der Waals surface area contributed by atoms with Gasteiger partial charge < -0.3 is 0 Å². The molecule has 0 N–H and O–H groups in total. The van der Waals surface area contributed by atoms with Crippen LogP contribution in [0.5, 0.6) is 0 Å². The van der Waals surface area contributed by atoms with Crippen LogP contribution in [0, 0.1) is 41.5 Å². The standard InChI is InChI=1S/C22H26N2/c1-13-7-10-21-15(3)19(8-11-20(21)14(13)2)9-12-22-18(6)23-16(4)17(5)24-22/h7-8,10-11H,9,12H2,1-6H3. The van der Waals surface area contributed by atoms with E-state index in [4.69, 9.17) is 4.98 Å². The van der Waals surface area contributed by atoms with Gasteiger partial charge in [-0.3, -0.25) is 9.97 Å². The minimum Gasteiger partial charge on any atom is -0.255 e. The van der Waals surface area contributed by atoms with Crippen LogP contribution in [0.25, 0.3) is 10.8 Å². The molecule has 0 fully saturated rings. The van der Waals surface area contributed by atoms with Gasteiger partial charge in [0.1, 0.15) is 0 Å².